The lowest BCUT2D eigenvalue weighted by Gasteiger charge is -2.07. The lowest BCUT2D eigenvalue weighted by Crippen LogP contribution is -2.40. The van der Waals surface area contributed by atoms with Crippen LogP contribution in [-0.4, -0.2) is 38.4 Å². The predicted molar refractivity (Wildman–Crippen MR) is 96.5 cm³/mol. The van der Waals surface area contributed by atoms with Gasteiger partial charge in [0.1, 0.15) is 23.3 Å². The summed E-state index contributed by atoms with van der Waals surface area (Å²) in [6.45, 7) is 4.20. The molecule has 9 heteroatoms. The number of amides is 2. The number of furan rings is 1. The maximum Gasteiger partial charge on any atom is 0.294 e. The average Bonchev–Trinajstić information content (AvgIpc) is 3.30. The van der Waals surface area contributed by atoms with Gasteiger partial charge in [0.05, 0.1) is 5.69 Å². The van der Waals surface area contributed by atoms with Gasteiger partial charge in [-0.1, -0.05) is 0 Å². The zero-order chi connectivity index (χ0) is 19.3. The van der Waals surface area contributed by atoms with E-state index in [-0.39, 0.29) is 22.8 Å². The maximum atomic E-state index is 12.7. The zero-order valence-electron chi connectivity index (χ0n) is 15.2. The molecule has 1 fully saturated rings. The molecule has 0 aliphatic carbocycles. The monoisotopic (exact) mass is 369 g/mol. The minimum atomic E-state index is -0.572. The van der Waals surface area contributed by atoms with Crippen LogP contribution in [0.2, 0.25) is 0 Å². The molecule has 0 bridgehead atoms. The van der Waals surface area contributed by atoms with Gasteiger partial charge in [-0.2, -0.15) is 0 Å². The number of carbonyl (C=O) groups is 2. The molecule has 4 rings (SSSR count). The van der Waals surface area contributed by atoms with Gasteiger partial charge in [-0.15, -0.1) is 0 Å². The Labute approximate surface area is 154 Å². The summed E-state index contributed by atoms with van der Waals surface area (Å²) >= 11 is 0. The van der Waals surface area contributed by atoms with Gasteiger partial charge in [-0.05, 0) is 26.3 Å². The summed E-state index contributed by atoms with van der Waals surface area (Å²) in [6, 6.07) is 1.29. The highest BCUT2D eigenvalue weighted by Gasteiger charge is 2.27. The normalized spacial score (nSPS) is 16.7. The molecule has 0 unspecified atom stereocenters. The number of fused-ring (bicyclic) bond motifs is 1. The Kier molecular flexibility index (Phi) is 3.87. The van der Waals surface area contributed by atoms with E-state index in [2.05, 4.69) is 15.6 Å². The molecular formula is C18H19N5O4. The van der Waals surface area contributed by atoms with Crippen LogP contribution in [0.5, 0.6) is 0 Å². The fourth-order valence-electron chi connectivity index (χ4n) is 3.34. The van der Waals surface area contributed by atoms with Crippen molar-refractivity contribution < 1.29 is 14.0 Å². The smallest absolute Gasteiger partial charge is 0.294 e. The van der Waals surface area contributed by atoms with Crippen molar-refractivity contribution >= 4 is 17.5 Å². The van der Waals surface area contributed by atoms with Crippen molar-refractivity contribution in [3.63, 3.8) is 0 Å². The number of hydrogen-bond acceptors (Lipinski definition) is 5. The molecule has 9 nitrogen and oxygen atoms in total. The number of aromatic nitrogens is 3. The van der Waals surface area contributed by atoms with Gasteiger partial charge >= 0.3 is 0 Å². The first-order valence-corrected chi connectivity index (χ1v) is 8.60. The van der Waals surface area contributed by atoms with Crippen molar-refractivity contribution in [2.75, 3.05) is 6.54 Å². The van der Waals surface area contributed by atoms with E-state index in [1.54, 1.807) is 13.2 Å². The van der Waals surface area contributed by atoms with Crippen LogP contribution in [0, 0.1) is 13.8 Å². The van der Waals surface area contributed by atoms with E-state index in [1.165, 1.54) is 15.2 Å². The van der Waals surface area contributed by atoms with Crippen molar-refractivity contribution in [3.8, 4) is 11.3 Å². The molecule has 1 saturated heterocycles. The molecule has 4 heterocycles. The Morgan fingerprint density at radius 1 is 1.33 bits per heavy atom. The fraction of sp³-hybridized carbons (Fsp3) is 0.333. The highest BCUT2D eigenvalue weighted by molar-refractivity contribution is 5.97. The van der Waals surface area contributed by atoms with Crippen molar-refractivity contribution in [1.82, 2.24) is 24.6 Å². The lowest BCUT2D eigenvalue weighted by molar-refractivity contribution is -0.120. The van der Waals surface area contributed by atoms with Gasteiger partial charge in [-0.3, -0.25) is 18.8 Å². The van der Waals surface area contributed by atoms with Crippen LogP contribution in [0.1, 0.15) is 28.4 Å². The quantitative estimate of drug-likeness (QED) is 0.700. The molecule has 0 saturated carbocycles. The second-order valence-corrected chi connectivity index (χ2v) is 6.67. The third kappa shape index (κ3) is 2.80. The van der Waals surface area contributed by atoms with Gasteiger partial charge in [-0.25, -0.2) is 4.98 Å². The first-order valence-electron chi connectivity index (χ1n) is 8.60. The van der Waals surface area contributed by atoms with E-state index in [0.29, 0.717) is 24.4 Å². The van der Waals surface area contributed by atoms with Gasteiger partial charge in [0.15, 0.2) is 0 Å². The molecule has 0 radical (unpaired) electrons. The van der Waals surface area contributed by atoms with E-state index in [1.807, 2.05) is 19.9 Å². The second-order valence-electron chi connectivity index (χ2n) is 6.67. The SMILES string of the molecule is Cc1cc(-c2cn3cc(C(=O)N[C@@H]4CCNC4=O)nc3c(=O)n2C)c(C)o1. The van der Waals surface area contributed by atoms with Crippen molar-refractivity contribution in [2.45, 2.75) is 26.3 Å². The third-order valence-electron chi connectivity index (χ3n) is 4.75. The van der Waals surface area contributed by atoms with Crippen LogP contribution in [0.4, 0.5) is 0 Å². The Morgan fingerprint density at radius 3 is 2.74 bits per heavy atom. The molecule has 140 valence electrons. The molecule has 27 heavy (non-hydrogen) atoms. The van der Waals surface area contributed by atoms with E-state index < -0.39 is 11.9 Å². The molecule has 2 N–H and O–H groups in total. The summed E-state index contributed by atoms with van der Waals surface area (Å²) in [7, 11) is 1.65. The van der Waals surface area contributed by atoms with Crippen LogP contribution >= 0.6 is 0 Å². The van der Waals surface area contributed by atoms with Crippen LogP contribution in [0.25, 0.3) is 16.9 Å². The molecule has 3 aromatic rings. The summed E-state index contributed by atoms with van der Waals surface area (Å²) in [5.74, 6) is 0.749. The second kappa shape index (κ2) is 6.11. The average molecular weight is 369 g/mol. The van der Waals surface area contributed by atoms with Crippen molar-refractivity contribution in [2.24, 2.45) is 7.05 Å². The van der Waals surface area contributed by atoms with E-state index >= 15 is 0 Å². The number of rotatable bonds is 3. The van der Waals surface area contributed by atoms with Crippen LogP contribution in [0.15, 0.2) is 27.7 Å². The zero-order valence-corrected chi connectivity index (χ0v) is 15.2. The molecule has 0 spiro atoms. The Balaban J connectivity index is 1.75. The number of hydrogen-bond donors (Lipinski definition) is 2. The summed E-state index contributed by atoms with van der Waals surface area (Å²) in [5.41, 5.74) is 1.35. The van der Waals surface area contributed by atoms with E-state index in [0.717, 1.165) is 11.3 Å². The Morgan fingerprint density at radius 2 is 2.11 bits per heavy atom. The predicted octanol–water partition coefficient (Wildman–Crippen LogP) is 0.528. The molecule has 1 aliphatic rings. The summed E-state index contributed by atoms with van der Waals surface area (Å²) in [5, 5.41) is 5.31. The highest BCUT2D eigenvalue weighted by Crippen LogP contribution is 2.25. The van der Waals surface area contributed by atoms with Crippen LogP contribution in [-0.2, 0) is 11.8 Å². The number of nitrogens with one attached hydrogen (secondary N) is 2. The van der Waals surface area contributed by atoms with E-state index in [9.17, 15) is 14.4 Å². The lowest BCUT2D eigenvalue weighted by atomic mass is 10.2. The summed E-state index contributed by atoms with van der Waals surface area (Å²) in [6.07, 6.45) is 3.76. The highest BCUT2D eigenvalue weighted by atomic mass is 16.3. The first-order chi connectivity index (χ1) is 12.8. The molecular weight excluding hydrogens is 350 g/mol. The minimum Gasteiger partial charge on any atom is -0.466 e. The molecule has 2 amide bonds. The Bertz CT molecular complexity index is 1140. The van der Waals surface area contributed by atoms with Crippen LogP contribution < -0.4 is 16.2 Å². The fourth-order valence-corrected chi connectivity index (χ4v) is 3.34. The molecule has 1 aliphatic heterocycles. The largest absolute Gasteiger partial charge is 0.466 e. The number of aryl methyl sites for hydroxylation is 2. The molecule has 3 aromatic heterocycles. The van der Waals surface area contributed by atoms with Crippen molar-refractivity contribution in [3.05, 3.63) is 46.0 Å². The Hall–Kier alpha value is -3.36. The number of carbonyl (C=O) groups excluding carboxylic acids is 2. The van der Waals surface area contributed by atoms with Gasteiger partial charge in [0, 0.05) is 31.5 Å². The van der Waals surface area contributed by atoms with Gasteiger partial charge < -0.3 is 19.6 Å². The van der Waals surface area contributed by atoms with Crippen LogP contribution in [0.3, 0.4) is 0 Å². The maximum absolute atomic E-state index is 12.7. The number of nitrogens with zero attached hydrogens (tertiary/aromatic N) is 3. The molecule has 1 atom stereocenters. The standard InChI is InChI=1S/C18H19N5O4/c1-9-6-11(10(2)27-9)14-8-23-7-13(20-15(23)18(26)22(14)3)17(25)21-12-4-5-19-16(12)24/h6-8,12H,4-5H2,1-3H3,(H,19,24)(H,21,25)/t12-/m1/s1. The first kappa shape index (κ1) is 17.1. The third-order valence-corrected chi connectivity index (χ3v) is 4.75. The van der Waals surface area contributed by atoms with Crippen molar-refractivity contribution in [1.29, 1.82) is 0 Å². The van der Waals surface area contributed by atoms with Gasteiger partial charge in [0.25, 0.3) is 11.5 Å². The van der Waals surface area contributed by atoms with E-state index in [4.69, 9.17) is 4.42 Å². The molecule has 0 aromatic carbocycles. The minimum absolute atomic E-state index is 0.0871. The number of imidazole rings is 1. The van der Waals surface area contributed by atoms with Gasteiger partial charge in [0.2, 0.25) is 11.6 Å². The topological polar surface area (TPSA) is 111 Å². The summed E-state index contributed by atoms with van der Waals surface area (Å²) < 4.78 is 8.57. The summed E-state index contributed by atoms with van der Waals surface area (Å²) in [4.78, 5) is 41.0.